The number of hydrogen-bond donors (Lipinski definition) is 0. The molecule has 0 N–H and O–H groups in total. The van der Waals surface area contributed by atoms with Crippen LogP contribution in [0.3, 0.4) is 0 Å². The van der Waals surface area contributed by atoms with Crippen LogP contribution in [-0.4, -0.2) is 16.6 Å². The molecule has 182 valence electrons. The molecule has 0 spiro atoms. The first kappa shape index (κ1) is 22.9. The van der Waals surface area contributed by atoms with Crippen molar-refractivity contribution in [2.45, 2.75) is 20.0 Å². The summed E-state index contributed by atoms with van der Waals surface area (Å²) in [5.74, 6) is 0.383. The standard InChI is InChI=1S/C29H20N2O5S/c1-17-27-23-7-2-3-8-25(23)37-26(27)14-19-13-24(30-28(17)19)29(32)36-22-6-4-5-21(15-22)35-16-18-9-11-20(12-10-18)31(33)34/h2-12,14-15H,13,16H2,1H3. The summed E-state index contributed by atoms with van der Waals surface area (Å²) in [5, 5.41) is 13.2. The van der Waals surface area contributed by atoms with Crippen LogP contribution >= 0.6 is 11.3 Å². The number of non-ortho nitro benzene ring substituents is 1. The predicted octanol–water partition coefficient (Wildman–Crippen LogP) is 7.08. The third-order valence-electron chi connectivity index (χ3n) is 6.37. The number of benzene rings is 4. The maximum atomic E-state index is 13.0. The first-order valence-corrected chi connectivity index (χ1v) is 12.5. The normalized spacial score (nSPS) is 12.4. The average molecular weight is 509 g/mol. The molecule has 8 heteroatoms. The van der Waals surface area contributed by atoms with Crippen molar-refractivity contribution in [2.75, 3.05) is 0 Å². The summed E-state index contributed by atoms with van der Waals surface area (Å²) in [4.78, 5) is 28.0. The molecular weight excluding hydrogens is 488 g/mol. The second kappa shape index (κ2) is 9.15. The summed E-state index contributed by atoms with van der Waals surface area (Å²) in [6.07, 6.45) is 0.426. The van der Waals surface area contributed by atoms with E-state index in [4.69, 9.17) is 9.47 Å². The summed E-state index contributed by atoms with van der Waals surface area (Å²) in [6.45, 7) is 2.28. The maximum absolute atomic E-state index is 13.0. The third-order valence-corrected chi connectivity index (χ3v) is 7.49. The third kappa shape index (κ3) is 4.32. The van der Waals surface area contributed by atoms with Crippen molar-refractivity contribution in [3.05, 3.63) is 106 Å². The van der Waals surface area contributed by atoms with Gasteiger partial charge in [0, 0.05) is 44.8 Å². The van der Waals surface area contributed by atoms with Gasteiger partial charge in [-0.05, 0) is 60.0 Å². The maximum Gasteiger partial charge on any atom is 0.358 e. The van der Waals surface area contributed by atoms with E-state index in [1.165, 1.54) is 32.3 Å². The molecule has 0 unspecified atom stereocenters. The minimum atomic E-state index is -0.490. The zero-order chi connectivity index (χ0) is 25.5. The molecule has 4 aromatic carbocycles. The van der Waals surface area contributed by atoms with Gasteiger partial charge in [-0.3, -0.25) is 10.1 Å². The number of hydrogen-bond acceptors (Lipinski definition) is 7. The van der Waals surface area contributed by atoms with Gasteiger partial charge >= 0.3 is 5.97 Å². The lowest BCUT2D eigenvalue weighted by molar-refractivity contribution is -0.384. The Balaban J connectivity index is 1.17. The van der Waals surface area contributed by atoms with Crippen molar-refractivity contribution in [1.82, 2.24) is 0 Å². The van der Waals surface area contributed by atoms with E-state index in [9.17, 15) is 14.9 Å². The van der Waals surface area contributed by atoms with E-state index in [0.29, 0.717) is 23.6 Å². The number of aryl methyl sites for hydroxylation is 1. The van der Waals surface area contributed by atoms with E-state index in [0.717, 1.165) is 22.4 Å². The molecule has 0 bridgehead atoms. The highest BCUT2D eigenvalue weighted by Gasteiger charge is 2.26. The highest BCUT2D eigenvalue weighted by atomic mass is 32.1. The Hall–Kier alpha value is -4.56. The number of thiophene rings is 1. The van der Waals surface area contributed by atoms with Crippen molar-refractivity contribution in [1.29, 1.82) is 0 Å². The molecule has 0 saturated carbocycles. The molecule has 0 saturated heterocycles. The molecule has 1 aromatic heterocycles. The fraction of sp³-hybridized carbons (Fsp3) is 0.103. The molecule has 1 aliphatic heterocycles. The predicted molar refractivity (Wildman–Crippen MR) is 144 cm³/mol. The van der Waals surface area contributed by atoms with Crippen LogP contribution in [0.2, 0.25) is 0 Å². The van der Waals surface area contributed by atoms with E-state index in [1.807, 2.05) is 12.1 Å². The number of carbonyl (C=O) groups is 1. The van der Waals surface area contributed by atoms with Crippen LogP contribution in [0.5, 0.6) is 11.5 Å². The van der Waals surface area contributed by atoms with Gasteiger partial charge in [0.05, 0.1) is 10.6 Å². The van der Waals surface area contributed by atoms with E-state index in [1.54, 1.807) is 47.7 Å². The number of carbonyl (C=O) groups excluding carboxylic acids is 1. The van der Waals surface area contributed by atoms with Gasteiger partial charge in [0.25, 0.3) is 5.69 Å². The molecule has 37 heavy (non-hydrogen) atoms. The molecule has 0 radical (unpaired) electrons. The number of nitro benzene ring substituents is 1. The molecule has 0 atom stereocenters. The van der Waals surface area contributed by atoms with Crippen molar-refractivity contribution < 1.29 is 19.2 Å². The minimum Gasteiger partial charge on any atom is -0.489 e. The van der Waals surface area contributed by atoms with Crippen LogP contribution < -0.4 is 9.47 Å². The van der Waals surface area contributed by atoms with Crippen LogP contribution in [0, 0.1) is 17.0 Å². The Morgan fingerprint density at radius 3 is 2.59 bits per heavy atom. The first-order chi connectivity index (χ1) is 18.0. The molecule has 7 nitrogen and oxygen atoms in total. The topological polar surface area (TPSA) is 91.0 Å². The smallest absolute Gasteiger partial charge is 0.358 e. The van der Waals surface area contributed by atoms with Gasteiger partial charge in [0.1, 0.15) is 23.8 Å². The van der Waals surface area contributed by atoms with Crippen molar-refractivity contribution in [2.24, 2.45) is 4.99 Å². The van der Waals surface area contributed by atoms with Gasteiger partial charge in [-0.1, -0.05) is 24.3 Å². The minimum absolute atomic E-state index is 0.0259. The van der Waals surface area contributed by atoms with E-state index < -0.39 is 10.9 Å². The Kier molecular flexibility index (Phi) is 5.65. The van der Waals surface area contributed by atoms with Crippen LogP contribution in [0.1, 0.15) is 16.7 Å². The van der Waals surface area contributed by atoms with Crippen LogP contribution in [-0.2, 0) is 17.8 Å². The molecule has 5 aromatic rings. The lowest BCUT2D eigenvalue weighted by Crippen LogP contribution is -2.20. The van der Waals surface area contributed by atoms with Crippen LogP contribution in [0.15, 0.2) is 83.9 Å². The molecule has 0 aliphatic carbocycles. The number of nitro groups is 1. The van der Waals surface area contributed by atoms with E-state index in [2.05, 4.69) is 30.1 Å². The number of ether oxygens (including phenoxy) is 2. The fourth-order valence-corrected chi connectivity index (χ4v) is 5.81. The zero-order valence-corrected chi connectivity index (χ0v) is 20.6. The molecule has 1 aliphatic rings. The Bertz CT molecular complexity index is 1740. The molecular formula is C29H20N2O5S. The number of aliphatic imine (C=N–C) groups is 1. The summed E-state index contributed by atoms with van der Waals surface area (Å²) >= 11 is 1.75. The van der Waals surface area contributed by atoms with Crippen LogP contribution in [0.4, 0.5) is 11.4 Å². The Morgan fingerprint density at radius 2 is 1.78 bits per heavy atom. The van der Waals surface area contributed by atoms with Gasteiger partial charge < -0.3 is 9.47 Å². The highest BCUT2D eigenvalue weighted by molar-refractivity contribution is 7.25. The quantitative estimate of drug-likeness (QED) is 0.106. The largest absolute Gasteiger partial charge is 0.489 e. The molecule has 0 fully saturated rings. The van der Waals surface area contributed by atoms with E-state index in [-0.39, 0.29) is 12.3 Å². The Morgan fingerprint density at radius 1 is 1.00 bits per heavy atom. The zero-order valence-electron chi connectivity index (χ0n) is 19.8. The summed E-state index contributed by atoms with van der Waals surface area (Å²) in [7, 11) is 0. The molecule has 2 heterocycles. The van der Waals surface area contributed by atoms with Gasteiger partial charge in [-0.15, -0.1) is 11.3 Å². The second-order valence-electron chi connectivity index (χ2n) is 8.79. The van der Waals surface area contributed by atoms with Gasteiger partial charge in [-0.2, -0.15) is 0 Å². The van der Waals surface area contributed by atoms with E-state index >= 15 is 0 Å². The summed E-state index contributed by atoms with van der Waals surface area (Å²) in [6, 6.07) is 23.5. The number of rotatable bonds is 6. The van der Waals surface area contributed by atoms with Gasteiger partial charge in [-0.25, -0.2) is 9.79 Å². The number of esters is 1. The summed E-state index contributed by atoms with van der Waals surface area (Å²) < 4.78 is 13.9. The van der Waals surface area contributed by atoms with Crippen molar-refractivity contribution in [3.63, 3.8) is 0 Å². The molecule has 0 amide bonds. The van der Waals surface area contributed by atoms with Crippen molar-refractivity contribution in [3.8, 4) is 11.5 Å². The number of nitrogens with zero attached hydrogens (tertiary/aromatic N) is 2. The van der Waals surface area contributed by atoms with Crippen LogP contribution in [0.25, 0.3) is 20.2 Å². The first-order valence-electron chi connectivity index (χ1n) is 11.7. The summed E-state index contributed by atoms with van der Waals surface area (Å²) in [5.41, 5.74) is 4.14. The monoisotopic (exact) mass is 508 g/mol. The lowest BCUT2D eigenvalue weighted by atomic mass is 10.0. The van der Waals surface area contributed by atoms with Gasteiger partial charge in [0.15, 0.2) is 0 Å². The van der Waals surface area contributed by atoms with Gasteiger partial charge in [0.2, 0.25) is 0 Å². The molecule has 6 rings (SSSR count). The van der Waals surface area contributed by atoms with Crippen molar-refractivity contribution >= 4 is 54.6 Å². The fourth-order valence-electron chi connectivity index (χ4n) is 4.58. The highest BCUT2D eigenvalue weighted by Crippen LogP contribution is 2.43. The second-order valence-corrected chi connectivity index (χ2v) is 9.88. The number of fused-ring (bicyclic) bond motifs is 4. The lowest BCUT2D eigenvalue weighted by Gasteiger charge is -2.09. The SMILES string of the molecule is Cc1c2c(cc3sc4ccccc4c13)CC(C(=O)Oc1cccc(OCc3ccc([N+](=O)[O-])cc3)c1)=N2. The Labute approximate surface area is 215 Å². The average Bonchev–Trinajstić information content (AvgIpc) is 3.50.